The van der Waals surface area contributed by atoms with Crippen LogP contribution in [0.15, 0.2) is 18.2 Å². The Morgan fingerprint density at radius 3 is 2.42 bits per heavy atom. The highest BCUT2D eigenvalue weighted by Gasteiger charge is 2.28. The molecule has 0 aliphatic carbocycles. The molecular formula is C13H18N2O3S. The highest BCUT2D eigenvalue weighted by atomic mass is 32.2. The Morgan fingerprint density at radius 1 is 1.26 bits per heavy atom. The van der Waals surface area contributed by atoms with E-state index in [2.05, 4.69) is 10.6 Å². The van der Waals surface area contributed by atoms with Crippen LogP contribution in [0.3, 0.4) is 0 Å². The molecule has 1 saturated heterocycles. The van der Waals surface area contributed by atoms with Gasteiger partial charge in [0.05, 0.1) is 11.5 Å². The second kappa shape index (κ2) is 5.21. The topological polar surface area (TPSA) is 75.3 Å². The molecule has 1 fully saturated rings. The predicted molar refractivity (Wildman–Crippen MR) is 75.1 cm³/mol. The molecule has 5 nitrogen and oxygen atoms in total. The lowest BCUT2D eigenvalue weighted by molar-refractivity contribution is 0.249. The summed E-state index contributed by atoms with van der Waals surface area (Å²) in [6, 6.07) is 5.14. The summed E-state index contributed by atoms with van der Waals surface area (Å²) in [5.41, 5.74) is 2.74. The van der Waals surface area contributed by atoms with Gasteiger partial charge >= 0.3 is 6.03 Å². The van der Waals surface area contributed by atoms with Gasteiger partial charge in [-0.15, -0.1) is 0 Å². The molecular weight excluding hydrogens is 264 g/mol. The number of hydrogen-bond acceptors (Lipinski definition) is 3. The molecule has 1 heterocycles. The van der Waals surface area contributed by atoms with Crippen molar-refractivity contribution in [1.82, 2.24) is 5.32 Å². The zero-order chi connectivity index (χ0) is 14.0. The summed E-state index contributed by atoms with van der Waals surface area (Å²) in [4.78, 5) is 11.9. The van der Waals surface area contributed by atoms with Gasteiger partial charge < -0.3 is 10.6 Å². The smallest absolute Gasteiger partial charge is 0.319 e. The normalized spacial score (nSPS) is 21.1. The lowest BCUT2D eigenvalue weighted by Crippen LogP contribution is -2.38. The van der Waals surface area contributed by atoms with Crippen LogP contribution in [-0.2, 0) is 9.84 Å². The molecule has 2 N–H and O–H groups in total. The van der Waals surface area contributed by atoms with Crippen LogP contribution in [-0.4, -0.2) is 32.0 Å². The van der Waals surface area contributed by atoms with E-state index in [9.17, 15) is 13.2 Å². The SMILES string of the molecule is Cc1cccc(C)c1NC(=O)NC1CCS(=O)(=O)C1. The summed E-state index contributed by atoms with van der Waals surface area (Å²) >= 11 is 0. The number of sulfone groups is 1. The van der Waals surface area contributed by atoms with E-state index >= 15 is 0 Å². The van der Waals surface area contributed by atoms with E-state index in [0.717, 1.165) is 16.8 Å². The van der Waals surface area contributed by atoms with Crippen molar-refractivity contribution in [2.45, 2.75) is 26.3 Å². The minimum atomic E-state index is -2.97. The largest absolute Gasteiger partial charge is 0.334 e. The Hall–Kier alpha value is -1.56. The molecule has 1 aliphatic heterocycles. The molecule has 0 radical (unpaired) electrons. The molecule has 1 aromatic rings. The number of benzene rings is 1. The lowest BCUT2D eigenvalue weighted by Gasteiger charge is -2.15. The van der Waals surface area contributed by atoms with Gasteiger partial charge in [0.2, 0.25) is 0 Å². The molecule has 6 heteroatoms. The maximum absolute atomic E-state index is 11.9. The third-order valence-corrected chi connectivity index (χ3v) is 5.06. The molecule has 2 amide bonds. The van der Waals surface area contributed by atoms with Crippen molar-refractivity contribution in [3.05, 3.63) is 29.3 Å². The van der Waals surface area contributed by atoms with E-state index in [-0.39, 0.29) is 23.6 Å². The van der Waals surface area contributed by atoms with Crippen LogP contribution in [0.1, 0.15) is 17.5 Å². The summed E-state index contributed by atoms with van der Waals surface area (Å²) in [7, 11) is -2.97. The average Bonchev–Trinajstić information content (AvgIpc) is 2.63. The molecule has 0 spiro atoms. The second-order valence-corrected chi connectivity index (χ2v) is 7.19. The van der Waals surface area contributed by atoms with Crippen molar-refractivity contribution in [3.63, 3.8) is 0 Å². The maximum Gasteiger partial charge on any atom is 0.319 e. The van der Waals surface area contributed by atoms with Gasteiger partial charge in [0.1, 0.15) is 0 Å². The third-order valence-electron chi connectivity index (χ3n) is 3.29. The van der Waals surface area contributed by atoms with Crippen molar-refractivity contribution < 1.29 is 13.2 Å². The number of para-hydroxylation sites is 1. The summed E-state index contributed by atoms with van der Waals surface area (Å²) in [6.45, 7) is 3.84. The number of anilines is 1. The Bertz CT molecular complexity index is 576. The first-order valence-corrected chi connectivity index (χ1v) is 8.04. The minimum absolute atomic E-state index is 0.0349. The molecule has 2 rings (SSSR count). The first-order chi connectivity index (χ1) is 8.87. The standard InChI is InChI=1S/C13H18N2O3S/c1-9-4-3-5-10(2)12(9)15-13(16)14-11-6-7-19(17,18)8-11/h3-5,11H,6-8H2,1-2H3,(H2,14,15,16). The average molecular weight is 282 g/mol. The van der Waals surface area contributed by atoms with Gasteiger partial charge in [-0.2, -0.15) is 0 Å². The van der Waals surface area contributed by atoms with Gasteiger partial charge in [0, 0.05) is 11.7 Å². The Labute approximate surface area is 113 Å². The van der Waals surface area contributed by atoms with E-state index in [1.807, 2.05) is 32.0 Å². The molecule has 104 valence electrons. The second-order valence-electron chi connectivity index (χ2n) is 4.97. The molecule has 1 aromatic carbocycles. The van der Waals surface area contributed by atoms with Crippen LogP contribution in [0, 0.1) is 13.8 Å². The maximum atomic E-state index is 11.9. The summed E-state index contributed by atoms with van der Waals surface area (Å²) in [5.74, 6) is 0.189. The van der Waals surface area contributed by atoms with Crippen LogP contribution in [0.5, 0.6) is 0 Å². The highest BCUT2D eigenvalue weighted by Crippen LogP contribution is 2.19. The molecule has 1 unspecified atom stereocenters. The van der Waals surface area contributed by atoms with Crippen molar-refractivity contribution >= 4 is 21.6 Å². The van der Waals surface area contributed by atoms with Gasteiger partial charge in [0.25, 0.3) is 0 Å². The minimum Gasteiger partial charge on any atom is -0.334 e. The van der Waals surface area contributed by atoms with Crippen molar-refractivity contribution in [3.8, 4) is 0 Å². The van der Waals surface area contributed by atoms with Crippen LogP contribution in [0.4, 0.5) is 10.5 Å². The lowest BCUT2D eigenvalue weighted by atomic mass is 10.1. The zero-order valence-corrected chi connectivity index (χ0v) is 11.9. The quantitative estimate of drug-likeness (QED) is 0.865. The van der Waals surface area contributed by atoms with Gasteiger partial charge in [0.15, 0.2) is 9.84 Å². The Kier molecular flexibility index (Phi) is 3.80. The summed E-state index contributed by atoms with van der Waals surface area (Å²) in [5, 5.41) is 5.50. The number of aryl methyl sites for hydroxylation is 2. The van der Waals surface area contributed by atoms with E-state index in [0.29, 0.717) is 6.42 Å². The monoisotopic (exact) mass is 282 g/mol. The van der Waals surface area contributed by atoms with Crippen molar-refractivity contribution in [2.75, 3.05) is 16.8 Å². The molecule has 19 heavy (non-hydrogen) atoms. The number of rotatable bonds is 2. The van der Waals surface area contributed by atoms with Crippen LogP contribution in [0.25, 0.3) is 0 Å². The first-order valence-electron chi connectivity index (χ1n) is 6.21. The fourth-order valence-corrected chi connectivity index (χ4v) is 3.93. The Morgan fingerprint density at radius 2 is 1.89 bits per heavy atom. The molecule has 1 aliphatic rings. The van der Waals surface area contributed by atoms with Gasteiger partial charge in [-0.05, 0) is 31.4 Å². The number of nitrogens with one attached hydrogen (secondary N) is 2. The molecule has 1 atom stereocenters. The fourth-order valence-electron chi connectivity index (χ4n) is 2.26. The van der Waals surface area contributed by atoms with E-state index in [1.165, 1.54) is 0 Å². The van der Waals surface area contributed by atoms with Gasteiger partial charge in [-0.1, -0.05) is 18.2 Å². The summed E-state index contributed by atoms with van der Waals surface area (Å²) in [6.07, 6.45) is 0.489. The molecule has 0 aromatic heterocycles. The highest BCUT2D eigenvalue weighted by molar-refractivity contribution is 7.91. The number of urea groups is 1. The van der Waals surface area contributed by atoms with E-state index in [1.54, 1.807) is 0 Å². The van der Waals surface area contributed by atoms with Crippen molar-refractivity contribution in [2.24, 2.45) is 0 Å². The Balaban J connectivity index is 1.99. The predicted octanol–water partition coefficient (Wildman–Crippen LogP) is 1.61. The first kappa shape index (κ1) is 13.9. The summed E-state index contributed by atoms with van der Waals surface area (Å²) < 4.78 is 22.6. The van der Waals surface area contributed by atoms with E-state index < -0.39 is 9.84 Å². The third kappa shape index (κ3) is 3.47. The zero-order valence-electron chi connectivity index (χ0n) is 11.1. The fraction of sp³-hybridized carbons (Fsp3) is 0.462. The number of carbonyl (C=O) groups excluding carboxylic acids is 1. The molecule has 0 bridgehead atoms. The molecule has 0 saturated carbocycles. The number of amides is 2. The van der Waals surface area contributed by atoms with Crippen molar-refractivity contribution in [1.29, 1.82) is 0 Å². The van der Waals surface area contributed by atoms with Crippen LogP contribution < -0.4 is 10.6 Å². The number of hydrogen-bond donors (Lipinski definition) is 2. The van der Waals surface area contributed by atoms with Crippen LogP contribution in [0.2, 0.25) is 0 Å². The van der Waals surface area contributed by atoms with Crippen LogP contribution >= 0.6 is 0 Å². The van der Waals surface area contributed by atoms with Gasteiger partial charge in [-0.3, -0.25) is 0 Å². The number of carbonyl (C=O) groups is 1. The van der Waals surface area contributed by atoms with E-state index in [4.69, 9.17) is 0 Å². The van der Waals surface area contributed by atoms with Gasteiger partial charge in [-0.25, -0.2) is 13.2 Å².